The van der Waals surface area contributed by atoms with Gasteiger partial charge in [-0.05, 0) is 48.7 Å². The molecule has 0 fully saturated rings. The minimum absolute atomic E-state index is 0.349. The molecule has 0 saturated heterocycles. The zero-order valence-electron chi connectivity index (χ0n) is 10.7. The molecule has 0 amide bonds. The van der Waals surface area contributed by atoms with Crippen molar-refractivity contribution in [3.05, 3.63) is 41.5 Å². The van der Waals surface area contributed by atoms with Crippen molar-refractivity contribution in [2.75, 3.05) is 16.8 Å². The molecule has 4 nitrogen and oxygen atoms in total. The van der Waals surface area contributed by atoms with Crippen LogP contribution in [0.1, 0.15) is 18.1 Å². The summed E-state index contributed by atoms with van der Waals surface area (Å²) >= 11 is 0. The predicted octanol–water partition coefficient (Wildman–Crippen LogP) is 2.86. The number of rotatable bonds is 3. The fraction of sp³-hybridized carbons (Fsp3) is 0.214. The highest BCUT2D eigenvalue weighted by Gasteiger charge is 2.02. The third kappa shape index (κ3) is 2.53. The third-order valence-electron chi connectivity index (χ3n) is 2.95. The Morgan fingerprint density at radius 1 is 1.17 bits per heavy atom. The first-order valence-corrected chi connectivity index (χ1v) is 5.98. The van der Waals surface area contributed by atoms with E-state index >= 15 is 0 Å². The van der Waals surface area contributed by atoms with Crippen molar-refractivity contribution < 1.29 is 0 Å². The molecule has 1 heterocycles. The molecule has 94 valence electrons. The van der Waals surface area contributed by atoms with Crippen LogP contribution in [0.25, 0.3) is 0 Å². The molecule has 0 bridgehead atoms. The topological polar surface area (TPSA) is 77.0 Å². The summed E-state index contributed by atoms with van der Waals surface area (Å²) in [5.74, 6) is 1.05. The molecule has 4 heteroatoms. The molecule has 2 aromatic rings. The van der Waals surface area contributed by atoms with Gasteiger partial charge in [-0.25, -0.2) is 4.98 Å². The van der Waals surface area contributed by atoms with Crippen molar-refractivity contribution in [1.82, 2.24) is 4.98 Å². The van der Waals surface area contributed by atoms with Gasteiger partial charge in [0.1, 0.15) is 11.6 Å². The molecule has 1 aromatic carbocycles. The molecule has 0 saturated carbocycles. The van der Waals surface area contributed by atoms with Gasteiger partial charge < -0.3 is 16.8 Å². The van der Waals surface area contributed by atoms with Crippen LogP contribution in [0.5, 0.6) is 0 Å². The van der Waals surface area contributed by atoms with E-state index in [4.69, 9.17) is 11.5 Å². The van der Waals surface area contributed by atoms with E-state index in [2.05, 4.69) is 36.3 Å². The Hall–Kier alpha value is -2.23. The quantitative estimate of drug-likeness (QED) is 0.773. The minimum atomic E-state index is 0.349. The highest BCUT2D eigenvalue weighted by atomic mass is 15.0. The smallest absolute Gasteiger partial charge is 0.149 e. The summed E-state index contributed by atoms with van der Waals surface area (Å²) in [5, 5.41) is 3.22. The van der Waals surface area contributed by atoms with Crippen LogP contribution in [-0.2, 0) is 6.42 Å². The molecule has 0 unspecified atom stereocenters. The first kappa shape index (κ1) is 12.2. The zero-order chi connectivity index (χ0) is 13.1. The highest BCUT2D eigenvalue weighted by molar-refractivity contribution is 5.65. The molecule has 0 aliphatic carbocycles. The largest absolute Gasteiger partial charge is 0.396 e. The Morgan fingerprint density at radius 3 is 2.56 bits per heavy atom. The SMILES string of the molecule is CCc1ccc(Nc2ccc(N)c(N)n2)cc1C. The Bertz CT molecular complexity index is 564. The lowest BCUT2D eigenvalue weighted by atomic mass is 10.1. The van der Waals surface area contributed by atoms with E-state index in [1.54, 1.807) is 6.07 Å². The van der Waals surface area contributed by atoms with Gasteiger partial charge >= 0.3 is 0 Å². The van der Waals surface area contributed by atoms with Crippen LogP contribution in [0.3, 0.4) is 0 Å². The van der Waals surface area contributed by atoms with Crippen molar-refractivity contribution in [2.45, 2.75) is 20.3 Å². The molecule has 0 spiro atoms. The number of anilines is 4. The van der Waals surface area contributed by atoms with Gasteiger partial charge in [0, 0.05) is 5.69 Å². The van der Waals surface area contributed by atoms with E-state index in [9.17, 15) is 0 Å². The Balaban J connectivity index is 2.23. The predicted molar refractivity (Wildman–Crippen MR) is 76.9 cm³/mol. The minimum Gasteiger partial charge on any atom is -0.396 e. The summed E-state index contributed by atoms with van der Waals surface area (Å²) in [6.45, 7) is 4.26. The average Bonchev–Trinajstić information content (AvgIpc) is 2.34. The van der Waals surface area contributed by atoms with E-state index in [1.165, 1.54) is 11.1 Å². The van der Waals surface area contributed by atoms with Crippen LogP contribution in [-0.4, -0.2) is 4.98 Å². The van der Waals surface area contributed by atoms with Gasteiger partial charge in [0.25, 0.3) is 0 Å². The second kappa shape index (κ2) is 4.96. The van der Waals surface area contributed by atoms with Gasteiger partial charge in [-0.2, -0.15) is 0 Å². The maximum Gasteiger partial charge on any atom is 0.149 e. The monoisotopic (exact) mass is 242 g/mol. The number of aromatic nitrogens is 1. The summed E-state index contributed by atoms with van der Waals surface area (Å²) in [6, 6.07) is 9.83. The van der Waals surface area contributed by atoms with Crippen molar-refractivity contribution in [3.8, 4) is 0 Å². The van der Waals surface area contributed by atoms with E-state index in [0.717, 1.165) is 12.1 Å². The molecule has 2 rings (SSSR count). The molecule has 5 N–H and O–H groups in total. The van der Waals surface area contributed by atoms with Gasteiger partial charge in [-0.1, -0.05) is 13.0 Å². The fourth-order valence-corrected chi connectivity index (χ4v) is 1.87. The number of hydrogen-bond acceptors (Lipinski definition) is 4. The lowest BCUT2D eigenvalue weighted by Crippen LogP contribution is -2.01. The summed E-state index contributed by atoms with van der Waals surface area (Å²) in [5.41, 5.74) is 15.4. The lowest BCUT2D eigenvalue weighted by molar-refractivity contribution is 1.11. The van der Waals surface area contributed by atoms with Gasteiger partial charge in [0.15, 0.2) is 0 Å². The Labute approximate surface area is 107 Å². The second-order valence-corrected chi connectivity index (χ2v) is 4.29. The molecular formula is C14H18N4. The van der Waals surface area contributed by atoms with Crippen LogP contribution in [0.2, 0.25) is 0 Å². The second-order valence-electron chi connectivity index (χ2n) is 4.29. The van der Waals surface area contributed by atoms with E-state index < -0.39 is 0 Å². The molecular weight excluding hydrogens is 224 g/mol. The highest BCUT2D eigenvalue weighted by Crippen LogP contribution is 2.21. The summed E-state index contributed by atoms with van der Waals surface area (Å²) in [4.78, 5) is 4.18. The van der Waals surface area contributed by atoms with E-state index in [1.807, 2.05) is 12.1 Å². The molecule has 0 aliphatic rings. The van der Waals surface area contributed by atoms with Crippen LogP contribution in [0.4, 0.5) is 23.0 Å². The maximum absolute atomic E-state index is 5.67. The Morgan fingerprint density at radius 2 is 1.94 bits per heavy atom. The number of nitrogens with zero attached hydrogens (tertiary/aromatic N) is 1. The van der Waals surface area contributed by atoms with Crippen molar-refractivity contribution in [2.24, 2.45) is 0 Å². The van der Waals surface area contributed by atoms with Crippen molar-refractivity contribution in [1.29, 1.82) is 0 Å². The van der Waals surface area contributed by atoms with E-state index in [0.29, 0.717) is 17.3 Å². The summed E-state index contributed by atoms with van der Waals surface area (Å²) in [6.07, 6.45) is 1.04. The normalized spacial score (nSPS) is 10.3. The number of benzene rings is 1. The van der Waals surface area contributed by atoms with Gasteiger partial charge in [-0.3, -0.25) is 0 Å². The number of pyridine rings is 1. The summed E-state index contributed by atoms with van der Waals surface area (Å²) < 4.78 is 0. The van der Waals surface area contributed by atoms with Crippen LogP contribution < -0.4 is 16.8 Å². The van der Waals surface area contributed by atoms with Crippen molar-refractivity contribution >= 4 is 23.0 Å². The number of nitrogen functional groups attached to an aromatic ring is 2. The number of nitrogens with two attached hydrogens (primary N) is 2. The first-order valence-electron chi connectivity index (χ1n) is 5.98. The van der Waals surface area contributed by atoms with Crippen molar-refractivity contribution in [3.63, 3.8) is 0 Å². The van der Waals surface area contributed by atoms with Crippen LogP contribution >= 0.6 is 0 Å². The molecule has 1 aromatic heterocycles. The number of nitrogens with one attached hydrogen (secondary N) is 1. The average molecular weight is 242 g/mol. The molecule has 18 heavy (non-hydrogen) atoms. The number of hydrogen-bond donors (Lipinski definition) is 3. The zero-order valence-corrected chi connectivity index (χ0v) is 10.7. The van der Waals surface area contributed by atoms with Crippen LogP contribution in [0, 0.1) is 6.92 Å². The van der Waals surface area contributed by atoms with Gasteiger partial charge in [0.2, 0.25) is 0 Å². The molecule has 0 atom stereocenters. The fourth-order valence-electron chi connectivity index (χ4n) is 1.87. The van der Waals surface area contributed by atoms with Crippen LogP contribution in [0.15, 0.2) is 30.3 Å². The summed E-state index contributed by atoms with van der Waals surface area (Å²) in [7, 11) is 0. The van der Waals surface area contributed by atoms with E-state index in [-0.39, 0.29) is 0 Å². The standard InChI is InChI=1S/C14H18N4/c1-3-10-4-5-11(8-9(10)2)17-13-7-6-12(15)14(16)18-13/h4-8H,3,15H2,1-2H3,(H3,16,17,18). The number of aryl methyl sites for hydroxylation is 2. The van der Waals surface area contributed by atoms with Gasteiger partial charge in [0.05, 0.1) is 5.69 Å². The van der Waals surface area contributed by atoms with Gasteiger partial charge in [-0.15, -0.1) is 0 Å². The molecule has 0 radical (unpaired) electrons. The Kier molecular flexibility index (Phi) is 3.37. The first-order chi connectivity index (χ1) is 8.60. The lowest BCUT2D eigenvalue weighted by Gasteiger charge is -2.10. The molecule has 0 aliphatic heterocycles. The third-order valence-corrected chi connectivity index (χ3v) is 2.95. The maximum atomic E-state index is 5.67.